The molecule has 0 saturated carbocycles. The molecule has 0 amide bonds. The van der Waals surface area contributed by atoms with Crippen molar-refractivity contribution in [3.05, 3.63) is 53.8 Å². The Morgan fingerprint density at radius 2 is 2.08 bits per heavy atom. The number of ether oxygens (including phenoxy) is 1. The molecule has 126 valence electrons. The number of rotatable bonds is 5. The Balaban J connectivity index is 2.02. The van der Waals surface area contributed by atoms with E-state index >= 15 is 0 Å². The topological polar surface area (TPSA) is 84.5 Å². The van der Waals surface area contributed by atoms with Crippen LogP contribution < -0.4 is 10.0 Å². The molecule has 0 fully saturated rings. The van der Waals surface area contributed by atoms with Crippen molar-refractivity contribution in [2.45, 2.75) is 11.8 Å². The highest BCUT2D eigenvalue weighted by atomic mass is 32.2. The largest absolute Gasteiger partial charge is 0.456 e. The Labute approximate surface area is 141 Å². The van der Waals surface area contributed by atoms with E-state index in [2.05, 4.69) is 21.9 Å². The number of carbonyl (C=O) groups is 1. The van der Waals surface area contributed by atoms with Crippen LogP contribution in [0.2, 0.25) is 0 Å². The summed E-state index contributed by atoms with van der Waals surface area (Å²) in [6.45, 7) is 2.87. The van der Waals surface area contributed by atoms with Crippen LogP contribution in [0.3, 0.4) is 0 Å². The van der Waals surface area contributed by atoms with Gasteiger partial charge in [-0.05, 0) is 49.0 Å². The molecule has 0 bridgehead atoms. The molecule has 1 aromatic carbocycles. The molecule has 0 spiro atoms. The van der Waals surface area contributed by atoms with Gasteiger partial charge in [-0.15, -0.1) is 0 Å². The van der Waals surface area contributed by atoms with Gasteiger partial charge >= 0.3 is 5.97 Å². The maximum atomic E-state index is 12.2. The van der Waals surface area contributed by atoms with Gasteiger partial charge in [0.1, 0.15) is 0 Å². The van der Waals surface area contributed by atoms with Crippen LogP contribution in [0.25, 0.3) is 0 Å². The second kappa shape index (κ2) is 8.34. The van der Waals surface area contributed by atoms with Crippen LogP contribution in [0, 0.1) is 11.8 Å². The first-order chi connectivity index (χ1) is 11.5. The Bertz CT molecular complexity index is 812. The highest BCUT2D eigenvalue weighted by Gasteiger charge is 2.13. The molecule has 0 aliphatic carbocycles. The maximum absolute atomic E-state index is 12.2. The molecule has 1 aliphatic heterocycles. The van der Waals surface area contributed by atoms with Crippen LogP contribution in [0.15, 0.2) is 53.1 Å². The lowest BCUT2D eigenvalue weighted by molar-refractivity contribution is -0.136. The number of dihydropyridines is 1. The lowest BCUT2D eigenvalue weighted by atomic mass is 10.2. The zero-order valence-corrected chi connectivity index (χ0v) is 14.0. The zero-order valence-electron chi connectivity index (χ0n) is 13.2. The van der Waals surface area contributed by atoms with E-state index in [4.69, 9.17) is 4.74 Å². The van der Waals surface area contributed by atoms with Crippen molar-refractivity contribution in [1.29, 1.82) is 0 Å². The van der Waals surface area contributed by atoms with Crippen LogP contribution in [-0.2, 0) is 19.6 Å². The van der Waals surface area contributed by atoms with Crippen molar-refractivity contribution < 1.29 is 17.9 Å². The summed E-state index contributed by atoms with van der Waals surface area (Å²) in [5.41, 5.74) is 1.43. The average Bonchev–Trinajstić information content (AvgIpc) is 2.60. The van der Waals surface area contributed by atoms with E-state index in [1.54, 1.807) is 25.3 Å². The molecule has 7 heteroatoms. The molecular formula is C17H18N2O4S. The Hall–Kier alpha value is -2.56. The molecule has 2 rings (SSSR count). The number of hydrogen-bond acceptors (Lipinski definition) is 5. The first-order valence-electron chi connectivity index (χ1n) is 7.39. The minimum atomic E-state index is -3.60. The standard InChI is InChI=1S/C17H18N2O4S/c1-2-23-17(20)8-5-14-3-6-16(7-4-14)24(21,22)19-13-15-9-11-18-12-10-15/h3-4,6-7,9-11,18-19H,2,12-13H2,1H3. The van der Waals surface area contributed by atoms with E-state index in [-0.39, 0.29) is 18.0 Å². The molecule has 1 aliphatic rings. The normalized spacial score (nSPS) is 13.3. The van der Waals surface area contributed by atoms with Gasteiger partial charge in [0.25, 0.3) is 0 Å². The number of carbonyl (C=O) groups excluding carboxylic acids is 1. The minimum absolute atomic E-state index is 0.141. The summed E-state index contributed by atoms with van der Waals surface area (Å²) in [5, 5.41) is 3.00. The molecule has 0 unspecified atom stereocenters. The van der Waals surface area contributed by atoms with Gasteiger partial charge in [0.2, 0.25) is 10.0 Å². The minimum Gasteiger partial charge on any atom is -0.456 e. The molecule has 0 radical (unpaired) electrons. The van der Waals surface area contributed by atoms with E-state index in [0.717, 1.165) is 5.57 Å². The lowest BCUT2D eigenvalue weighted by Gasteiger charge is -2.10. The summed E-state index contributed by atoms with van der Waals surface area (Å²) in [6, 6.07) is 5.99. The number of benzene rings is 1. The van der Waals surface area contributed by atoms with Crippen molar-refractivity contribution in [2.24, 2.45) is 0 Å². The maximum Gasteiger partial charge on any atom is 0.384 e. The zero-order chi connectivity index (χ0) is 17.4. The van der Waals surface area contributed by atoms with Crippen molar-refractivity contribution >= 4 is 16.0 Å². The predicted octanol–water partition coefficient (Wildman–Crippen LogP) is 0.923. The first kappa shape index (κ1) is 17.8. The van der Waals surface area contributed by atoms with Gasteiger partial charge in [-0.1, -0.05) is 12.0 Å². The third-order valence-electron chi connectivity index (χ3n) is 3.11. The van der Waals surface area contributed by atoms with Gasteiger partial charge < -0.3 is 10.1 Å². The number of esters is 1. The second-order valence-corrected chi connectivity index (χ2v) is 6.61. The molecule has 0 aromatic heterocycles. The van der Waals surface area contributed by atoms with Crippen molar-refractivity contribution in [3.63, 3.8) is 0 Å². The molecular weight excluding hydrogens is 328 g/mol. The summed E-state index contributed by atoms with van der Waals surface area (Å²) in [6.07, 6.45) is 5.51. The van der Waals surface area contributed by atoms with Crippen molar-refractivity contribution in [1.82, 2.24) is 10.0 Å². The lowest BCUT2D eigenvalue weighted by Crippen LogP contribution is -2.26. The fourth-order valence-electron chi connectivity index (χ4n) is 1.89. The second-order valence-electron chi connectivity index (χ2n) is 4.84. The van der Waals surface area contributed by atoms with E-state index in [0.29, 0.717) is 12.1 Å². The van der Waals surface area contributed by atoms with Crippen LogP contribution in [0.4, 0.5) is 0 Å². The number of nitrogens with one attached hydrogen (secondary N) is 2. The molecule has 2 N–H and O–H groups in total. The van der Waals surface area contributed by atoms with Gasteiger partial charge in [-0.3, -0.25) is 0 Å². The van der Waals surface area contributed by atoms with Crippen LogP contribution in [0.5, 0.6) is 0 Å². The Kier molecular flexibility index (Phi) is 6.18. The van der Waals surface area contributed by atoms with Gasteiger partial charge in [-0.2, -0.15) is 0 Å². The Morgan fingerprint density at radius 1 is 1.33 bits per heavy atom. The summed E-state index contributed by atoms with van der Waals surface area (Å²) in [7, 11) is -3.60. The summed E-state index contributed by atoms with van der Waals surface area (Å²) < 4.78 is 31.7. The van der Waals surface area contributed by atoms with Crippen molar-refractivity contribution in [2.75, 3.05) is 19.7 Å². The number of hydrogen-bond donors (Lipinski definition) is 2. The fourth-order valence-corrected chi connectivity index (χ4v) is 2.91. The highest BCUT2D eigenvalue weighted by molar-refractivity contribution is 7.89. The van der Waals surface area contributed by atoms with Crippen LogP contribution in [0.1, 0.15) is 12.5 Å². The van der Waals surface area contributed by atoms with Gasteiger partial charge in [0, 0.05) is 24.6 Å². The van der Waals surface area contributed by atoms with E-state index < -0.39 is 16.0 Å². The summed E-state index contributed by atoms with van der Waals surface area (Å²) in [4.78, 5) is 11.3. The molecule has 1 aromatic rings. The van der Waals surface area contributed by atoms with Crippen LogP contribution >= 0.6 is 0 Å². The monoisotopic (exact) mass is 346 g/mol. The molecule has 24 heavy (non-hydrogen) atoms. The average molecular weight is 346 g/mol. The van der Waals surface area contributed by atoms with Crippen LogP contribution in [-0.4, -0.2) is 34.1 Å². The molecule has 1 heterocycles. The predicted molar refractivity (Wildman–Crippen MR) is 90.4 cm³/mol. The Morgan fingerprint density at radius 3 is 2.71 bits per heavy atom. The number of sulfonamides is 1. The molecule has 0 atom stereocenters. The smallest absolute Gasteiger partial charge is 0.384 e. The van der Waals surface area contributed by atoms with Gasteiger partial charge in [-0.25, -0.2) is 17.9 Å². The molecule has 0 saturated heterocycles. The fraction of sp³-hybridized carbons (Fsp3) is 0.235. The summed E-state index contributed by atoms with van der Waals surface area (Å²) in [5.74, 6) is 4.34. The first-order valence-corrected chi connectivity index (χ1v) is 8.87. The molecule has 6 nitrogen and oxygen atoms in total. The van der Waals surface area contributed by atoms with Gasteiger partial charge in [0.05, 0.1) is 11.5 Å². The van der Waals surface area contributed by atoms with Gasteiger partial charge in [0.15, 0.2) is 0 Å². The van der Waals surface area contributed by atoms with E-state index in [9.17, 15) is 13.2 Å². The highest BCUT2D eigenvalue weighted by Crippen LogP contribution is 2.11. The SMILES string of the molecule is CCOC(=O)C#Cc1ccc(S(=O)(=O)NCC2=CCNC=C2)cc1. The third kappa shape index (κ3) is 5.26. The quantitative estimate of drug-likeness (QED) is 0.612. The van der Waals surface area contributed by atoms with Crippen molar-refractivity contribution in [3.8, 4) is 11.8 Å². The third-order valence-corrected chi connectivity index (χ3v) is 4.53. The van der Waals surface area contributed by atoms with E-state index in [1.165, 1.54) is 12.1 Å². The van der Waals surface area contributed by atoms with E-state index in [1.807, 2.05) is 12.2 Å². The summed E-state index contributed by atoms with van der Waals surface area (Å²) >= 11 is 0.